The minimum atomic E-state index is -1.05. The Morgan fingerprint density at radius 1 is 1.67 bits per heavy atom. The first-order chi connectivity index (χ1) is 5.24. The number of carboxylic acids is 1. The SMILES string of the molecule is COc1ccnc(C(=O)O)c1.[Zn]. The molecule has 4 nitrogen and oxygen atoms in total. The van der Waals surface area contributed by atoms with Crippen LogP contribution in [0.3, 0.4) is 0 Å². The van der Waals surface area contributed by atoms with Gasteiger partial charge in [0, 0.05) is 31.7 Å². The number of nitrogens with zero attached hydrogens (tertiary/aromatic N) is 1. The molecule has 0 saturated carbocycles. The summed E-state index contributed by atoms with van der Waals surface area (Å²) in [6, 6.07) is 2.95. The van der Waals surface area contributed by atoms with E-state index in [2.05, 4.69) is 4.98 Å². The van der Waals surface area contributed by atoms with Crippen molar-refractivity contribution in [1.29, 1.82) is 0 Å². The van der Waals surface area contributed by atoms with Crippen molar-refractivity contribution >= 4 is 5.97 Å². The van der Waals surface area contributed by atoms with Crippen LogP contribution in [-0.2, 0) is 19.5 Å². The van der Waals surface area contributed by atoms with E-state index in [1.165, 1.54) is 19.4 Å². The summed E-state index contributed by atoms with van der Waals surface area (Å²) in [7, 11) is 1.47. The molecule has 1 rings (SSSR count). The number of rotatable bonds is 2. The second-order valence-corrected chi connectivity index (χ2v) is 1.89. The molecule has 12 heavy (non-hydrogen) atoms. The number of ether oxygens (including phenoxy) is 1. The number of pyridine rings is 1. The molecule has 0 aliphatic rings. The van der Waals surface area contributed by atoms with Crippen LogP contribution in [0.5, 0.6) is 5.75 Å². The molecule has 0 atom stereocenters. The van der Waals surface area contributed by atoms with Crippen molar-refractivity contribution in [2.24, 2.45) is 0 Å². The van der Waals surface area contributed by atoms with Gasteiger partial charge in [0.25, 0.3) is 0 Å². The smallest absolute Gasteiger partial charge is 0.354 e. The number of methoxy groups -OCH3 is 1. The molecule has 5 heteroatoms. The predicted octanol–water partition coefficient (Wildman–Crippen LogP) is 0.786. The van der Waals surface area contributed by atoms with Gasteiger partial charge >= 0.3 is 5.97 Å². The third-order valence-corrected chi connectivity index (χ3v) is 1.19. The molecule has 0 aliphatic heterocycles. The quantitative estimate of drug-likeness (QED) is 0.746. The molecule has 1 aromatic rings. The summed E-state index contributed by atoms with van der Waals surface area (Å²) >= 11 is 0. The van der Waals surface area contributed by atoms with E-state index in [1.807, 2.05) is 0 Å². The van der Waals surface area contributed by atoms with Crippen molar-refractivity contribution in [2.75, 3.05) is 7.11 Å². The fraction of sp³-hybridized carbons (Fsp3) is 0.143. The van der Waals surface area contributed by atoms with Gasteiger partial charge in [0.2, 0.25) is 0 Å². The summed E-state index contributed by atoms with van der Waals surface area (Å²) in [6.07, 6.45) is 1.39. The zero-order valence-electron chi connectivity index (χ0n) is 6.65. The minimum Gasteiger partial charge on any atom is -0.497 e. The summed E-state index contributed by atoms with van der Waals surface area (Å²) in [5.74, 6) is -0.554. The van der Waals surface area contributed by atoms with Crippen LogP contribution in [0.1, 0.15) is 10.5 Å². The first-order valence-corrected chi connectivity index (χ1v) is 2.97. The van der Waals surface area contributed by atoms with E-state index in [0.717, 1.165) is 0 Å². The van der Waals surface area contributed by atoms with Crippen molar-refractivity contribution in [2.45, 2.75) is 0 Å². The van der Waals surface area contributed by atoms with Crippen LogP contribution in [0, 0.1) is 0 Å². The van der Waals surface area contributed by atoms with E-state index in [9.17, 15) is 4.79 Å². The zero-order valence-corrected chi connectivity index (χ0v) is 9.62. The first-order valence-electron chi connectivity index (χ1n) is 2.97. The molecular weight excluding hydrogens is 211 g/mol. The van der Waals surface area contributed by atoms with E-state index in [1.54, 1.807) is 6.07 Å². The maximum atomic E-state index is 10.4. The summed E-state index contributed by atoms with van der Waals surface area (Å²) < 4.78 is 4.80. The van der Waals surface area contributed by atoms with Crippen LogP contribution >= 0.6 is 0 Å². The average molecular weight is 219 g/mol. The zero-order chi connectivity index (χ0) is 8.27. The van der Waals surface area contributed by atoms with E-state index in [0.29, 0.717) is 5.75 Å². The Morgan fingerprint density at radius 2 is 2.33 bits per heavy atom. The maximum Gasteiger partial charge on any atom is 0.354 e. The molecule has 0 aliphatic carbocycles. The Labute approximate surface area is 82.3 Å². The van der Waals surface area contributed by atoms with Gasteiger partial charge in [-0.25, -0.2) is 9.78 Å². The van der Waals surface area contributed by atoms with Gasteiger partial charge in [-0.15, -0.1) is 0 Å². The van der Waals surface area contributed by atoms with Crippen molar-refractivity contribution in [1.82, 2.24) is 4.98 Å². The molecule has 1 aromatic heterocycles. The van der Waals surface area contributed by atoms with Gasteiger partial charge in [-0.1, -0.05) is 0 Å². The summed E-state index contributed by atoms with van der Waals surface area (Å²) in [5.41, 5.74) is -0.00986. The van der Waals surface area contributed by atoms with Gasteiger partial charge in [-0.05, 0) is 6.07 Å². The number of carboxylic acid groups (broad SMARTS) is 1. The molecule has 1 heterocycles. The topological polar surface area (TPSA) is 59.4 Å². The Morgan fingerprint density at radius 3 is 2.83 bits per heavy atom. The number of hydrogen-bond acceptors (Lipinski definition) is 3. The summed E-state index contributed by atoms with van der Waals surface area (Å²) in [6.45, 7) is 0. The second-order valence-electron chi connectivity index (χ2n) is 1.89. The molecule has 1 N–H and O–H groups in total. The van der Waals surface area contributed by atoms with Gasteiger partial charge in [-0.3, -0.25) is 0 Å². The van der Waals surface area contributed by atoms with E-state index < -0.39 is 5.97 Å². The molecule has 0 aromatic carbocycles. The molecule has 0 spiro atoms. The standard InChI is InChI=1S/C7H7NO3.Zn/c1-11-5-2-3-8-6(4-5)7(9)10;/h2-4H,1H3,(H,9,10);. The van der Waals surface area contributed by atoms with Gasteiger partial charge in [0.15, 0.2) is 5.69 Å². The minimum absolute atomic E-state index is 0. The molecule has 60 valence electrons. The average Bonchev–Trinajstić information content (AvgIpc) is 2.05. The largest absolute Gasteiger partial charge is 0.497 e. The second kappa shape index (κ2) is 4.83. The Bertz CT molecular complexity index is 277. The molecule has 0 amide bonds. The molecule has 0 unspecified atom stereocenters. The molecule has 0 saturated heterocycles. The van der Waals surface area contributed by atoms with E-state index in [-0.39, 0.29) is 25.2 Å². The summed E-state index contributed by atoms with van der Waals surface area (Å²) in [5, 5.41) is 8.49. The Balaban J connectivity index is 0.00000121. The fourth-order valence-electron chi connectivity index (χ4n) is 0.655. The third kappa shape index (κ3) is 2.59. The van der Waals surface area contributed by atoms with E-state index in [4.69, 9.17) is 9.84 Å². The molecule has 0 bridgehead atoms. The van der Waals surface area contributed by atoms with Crippen LogP contribution in [0.15, 0.2) is 18.3 Å². The van der Waals surface area contributed by atoms with Crippen molar-refractivity contribution in [3.63, 3.8) is 0 Å². The Kier molecular flexibility index (Phi) is 4.44. The molecule has 0 fully saturated rings. The van der Waals surface area contributed by atoms with Gasteiger partial charge in [0.1, 0.15) is 5.75 Å². The van der Waals surface area contributed by atoms with Gasteiger partial charge in [0.05, 0.1) is 7.11 Å². The van der Waals surface area contributed by atoms with Crippen LogP contribution in [-0.4, -0.2) is 23.2 Å². The predicted molar refractivity (Wildman–Crippen MR) is 37.7 cm³/mol. The number of aromatic carboxylic acids is 1. The normalized spacial score (nSPS) is 8.42. The first kappa shape index (κ1) is 11.0. The molecule has 0 radical (unpaired) electrons. The van der Waals surface area contributed by atoms with Crippen LogP contribution in [0.25, 0.3) is 0 Å². The third-order valence-electron chi connectivity index (χ3n) is 1.19. The summed E-state index contributed by atoms with van der Waals surface area (Å²) in [4.78, 5) is 14.0. The van der Waals surface area contributed by atoms with Crippen LogP contribution in [0.4, 0.5) is 0 Å². The Hall–Kier alpha value is -0.957. The van der Waals surface area contributed by atoms with Crippen molar-refractivity contribution in [3.05, 3.63) is 24.0 Å². The van der Waals surface area contributed by atoms with Crippen molar-refractivity contribution in [3.8, 4) is 5.75 Å². The maximum absolute atomic E-state index is 10.4. The molecular formula is C7H7NO3Zn. The monoisotopic (exact) mass is 217 g/mol. The van der Waals surface area contributed by atoms with Gasteiger partial charge in [-0.2, -0.15) is 0 Å². The van der Waals surface area contributed by atoms with Crippen LogP contribution in [0.2, 0.25) is 0 Å². The van der Waals surface area contributed by atoms with Crippen LogP contribution < -0.4 is 4.74 Å². The number of carbonyl (C=O) groups is 1. The van der Waals surface area contributed by atoms with Crippen molar-refractivity contribution < 1.29 is 34.1 Å². The fourth-order valence-corrected chi connectivity index (χ4v) is 0.655. The number of hydrogen-bond donors (Lipinski definition) is 1. The van der Waals surface area contributed by atoms with E-state index >= 15 is 0 Å². The van der Waals surface area contributed by atoms with Gasteiger partial charge < -0.3 is 9.84 Å². The number of aromatic nitrogens is 1.